The summed E-state index contributed by atoms with van der Waals surface area (Å²) >= 11 is 5.76. The molecule has 0 bridgehead atoms. The highest BCUT2D eigenvalue weighted by molar-refractivity contribution is 7.91. The Bertz CT molecular complexity index is 673. The number of hydrogen-bond acceptors (Lipinski definition) is 4. The fourth-order valence-electron chi connectivity index (χ4n) is 2.41. The first-order chi connectivity index (χ1) is 10.3. The molecule has 1 aliphatic rings. The molecule has 1 heterocycles. The van der Waals surface area contributed by atoms with Gasteiger partial charge in [-0.1, -0.05) is 11.6 Å². The summed E-state index contributed by atoms with van der Waals surface area (Å²) in [6.07, 6.45) is 0.371. The maximum Gasteiger partial charge on any atom is 0.244 e. The predicted molar refractivity (Wildman–Crippen MR) is 84.5 cm³/mol. The number of rotatable bonds is 4. The highest BCUT2D eigenvalue weighted by Crippen LogP contribution is 2.18. The zero-order valence-electron chi connectivity index (χ0n) is 12.1. The van der Waals surface area contributed by atoms with E-state index in [1.807, 2.05) is 0 Å². The molecule has 1 aliphatic heterocycles. The topological polar surface area (TPSA) is 83.6 Å². The van der Waals surface area contributed by atoms with E-state index in [-0.39, 0.29) is 29.9 Å². The van der Waals surface area contributed by atoms with Gasteiger partial charge < -0.3 is 10.2 Å². The van der Waals surface area contributed by atoms with Crippen molar-refractivity contribution in [2.24, 2.45) is 0 Å². The van der Waals surface area contributed by atoms with E-state index in [0.29, 0.717) is 17.1 Å². The molecular formula is C14H17ClN2O4S. The lowest BCUT2D eigenvalue weighted by Gasteiger charge is -2.26. The van der Waals surface area contributed by atoms with Crippen LogP contribution in [0.5, 0.6) is 0 Å². The molecule has 2 rings (SSSR count). The molecule has 1 aromatic carbocycles. The second kappa shape index (κ2) is 6.66. The number of anilines is 1. The number of benzene rings is 1. The van der Waals surface area contributed by atoms with Gasteiger partial charge in [0, 0.05) is 23.7 Å². The van der Waals surface area contributed by atoms with Crippen molar-refractivity contribution in [1.82, 2.24) is 4.90 Å². The van der Waals surface area contributed by atoms with Crippen LogP contribution in [0.3, 0.4) is 0 Å². The molecule has 0 radical (unpaired) electrons. The van der Waals surface area contributed by atoms with Gasteiger partial charge in [0.25, 0.3) is 0 Å². The first-order valence-electron chi connectivity index (χ1n) is 6.80. The van der Waals surface area contributed by atoms with E-state index < -0.39 is 15.9 Å². The molecule has 0 spiro atoms. The van der Waals surface area contributed by atoms with Gasteiger partial charge in [0.1, 0.15) is 6.54 Å². The summed E-state index contributed by atoms with van der Waals surface area (Å²) in [5, 5.41) is 3.21. The zero-order valence-corrected chi connectivity index (χ0v) is 13.7. The molecule has 1 saturated heterocycles. The van der Waals surface area contributed by atoms with Crippen LogP contribution in [0.1, 0.15) is 13.3 Å². The van der Waals surface area contributed by atoms with Crippen molar-refractivity contribution in [2.45, 2.75) is 19.4 Å². The van der Waals surface area contributed by atoms with Crippen molar-refractivity contribution in [3.8, 4) is 0 Å². The monoisotopic (exact) mass is 344 g/mol. The minimum atomic E-state index is -3.11. The number of hydrogen-bond donors (Lipinski definition) is 1. The minimum Gasteiger partial charge on any atom is -0.330 e. The van der Waals surface area contributed by atoms with Crippen molar-refractivity contribution >= 4 is 38.9 Å². The maximum atomic E-state index is 12.0. The molecule has 22 heavy (non-hydrogen) atoms. The molecular weight excluding hydrogens is 328 g/mol. The van der Waals surface area contributed by atoms with Crippen molar-refractivity contribution in [3.63, 3.8) is 0 Å². The predicted octanol–water partition coefficient (Wildman–Crippen LogP) is 1.31. The number of nitrogens with zero attached hydrogens (tertiary/aromatic N) is 1. The quantitative estimate of drug-likeness (QED) is 0.892. The number of nitrogens with one attached hydrogen (secondary N) is 1. The molecule has 1 fully saturated rings. The van der Waals surface area contributed by atoms with E-state index in [4.69, 9.17) is 11.6 Å². The smallest absolute Gasteiger partial charge is 0.244 e. The summed E-state index contributed by atoms with van der Waals surface area (Å²) in [5.41, 5.74) is 0.567. The Labute approximate surface area is 134 Å². The van der Waals surface area contributed by atoms with Gasteiger partial charge >= 0.3 is 0 Å². The summed E-state index contributed by atoms with van der Waals surface area (Å²) in [6, 6.07) is 6.15. The van der Waals surface area contributed by atoms with Crippen LogP contribution < -0.4 is 5.32 Å². The average molecular weight is 345 g/mol. The Kier molecular flexibility index (Phi) is 5.08. The van der Waals surface area contributed by atoms with Crippen LogP contribution in [-0.4, -0.2) is 49.2 Å². The third-order valence-electron chi connectivity index (χ3n) is 3.50. The van der Waals surface area contributed by atoms with Gasteiger partial charge in [0.2, 0.25) is 11.8 Å². The largest absolute Gasteiger partial charge is 0.330 e. The van der Waals surface area contributed by atoms with Crippen LogP contribution >= 0.6 is 11.6 Å². The highest BCUT2D eigenvalue weighted by atomic mass is 35.5. The van der Waals surface area contributed by atoms with Gasteiger partial charge in [-0.15, -0.1) is 0 Å². The lowest BCUT2D eigenvalue weighted by atomic mass is 10.2. The second-order valence-electron chi connectivity index (χ2n) is 5.26. The SMILES string of the molecule is CC(=O)N(CC(=O)Nc1ccc(Cl)cc1)C1CCS(=O)(=O)C1. The summed E-state index contributed by atoms with van der Waals surface area (Å²) in [4.78, 5) is 25.1. The Morgan fingerprint density at radius 2 is 1.95 bits per heavy atom. The van der Waals surface area contributed by atoms with Crippen molar-refractivity contribution in [1.29, 1.82) is 0 Å². The molecule has 6 nitrogen and oxygen atoms in total. The summed E-state index contributed by atoms with van der Waals surface area (Å²) in [6.45, 7) is 1.17. The number of amides is 2. The van der Waals surface area contributed by atoms with Crippen LogP contribution in [0, 0.1) is 0 Å². The van der Waals surface area contributed by atoms with Gasteiger partial charge in [0.15, 0.2) is 9.84 Å². The summed E-state index contributed by atoms with van der Waals surface area (Å²) < 4.78 is 23.1. The Morgan fingerprint density at radius 3 is 2.45 bits per heavy atom. The van der Waals surface area contributed by atoms with E-state index >= 15 is 0 Å². The highest BCUT2D eigenvalue weighted by Gasteiger charge is 2.34. The third kappa shape index (κ3) is 4.45. The number of carbonyl (C=O) groups excluding carboxylic acids is 2. The minimum absolute atomic E-state index is 0.0558. The molecule has 1 N–H and O–H groups in total. The van der Waals surface area contributed by atoms with Crippen molar-refractivity contribution < 1.29 is 18.0 Å². The van der Waals surface area contributed by atoms with Gasteiger partial charge in [-0.05, 0) is 30.7 Å². The Morgan fingerprint density at radius 1 is 1.32 bits per heavy atom. The van der Waals surface area contributed by atoms with E-state index in [2.05, 4.69) is 5.32 Å². The maximum absolute atomic E-state index is 12.0. The van der Waals surface area contributed by atoms with Gasteiger partial charge in [-0.3, -0.25) is 9.59 Å². The molecule has 2 amide bonds. The molecule has 8 heteroatoms. The van der Waals surface area contributed by atoms with E-state index in [1.54, 1.807) is 24.3 Å². The Hall–Kier alpha value is -1.60. The normalized spacial score (nSPS) is 19.6. The second-order valence-corrected chi connectivity index (χ2v) is 7.92. The molecule has 1 unspecified atom stereocenters. The van der Waals surface area contributed by atoms with E-state index in [0.717, 1.165) is 0 Å². The van der Waals surface area contributed by atoms with Crippen molar-refractivity contribution in [2.75, 3.05) is 23.4 Å². The fourth-order valence-corrected chi connectivity index (χ4v) is 4.26. The van der Waals surface area contributed by atoms with Crippen LogP contribution in [0.2, 0.25) is 5.02 Å². The Balaban J connectivity index is 2.00. The third-order valence-corrected chi connectivity index (χ3v) is 5.50. The number of carbonyl (C=O) groups is 2. The molecule has 1 atom stereocenters. The fraction of sp³-hybridized carbons (Fsp3) is 0.429. The van der Waals surface area contributed by atoms with Gasteiger partial charge in [-0.2, -0.15) is 0 Å². The van der Waals surface area contributed by atoms with E-state index in [1.165, 1.54) is 11.8 Å². The molecule has 120 valence electrons. The van der Waals surface area contributed by atoms with Gasteiger partial charge in [-0.25, -0.2) is 8.42 Å². The molecule has 0 aromatic heterocycles. The van der Waals surface area contributed by atoms with E-state index in [9.17, 15) is 18.0 Å². The summed E-state index contributed by atoms with van der Waals surface area (Å²) in [7, 11) is -3.11. The average Bonchev–Trinajstić information content (AvgIpc) is 2.78. The van der Waals surface area contributed by atoms with Crippen molar-refractivity contribution in [3.05, 3.63) is 29.3 Å². The first kappa shape index (κ1) is 16.8. The first-order valence-corrected chi connectivity index (χ1v) is 9.00. The van der Waals surface area contributed by atoms with Crippen LogP contribution in [0.15, 0.2) is 24.3 Å². The van der Waals surface area contributed by atoms with Gasteiger partial charge in [0.05, 0.1) is 11.5 Å². The number of sulfone groups is 1. The van der Waals surface area contributed by atoms with Crippen LogP contribution in [-0.2, 0) is 19.4 Å². The van der Waals surface area contributed by atoms with Crippen LogP contribution in [0.4, 0.5) is 5.69 Å². The number of halogens is 1. The molecule has 0 saturated carbocycles. The lowest BCUT2D eigenvalue weighted by molar-refractivity contribution is -0.134. The molecule has 1 aromatic rings. The molecule has 0 aliphatic carbocycles. The lowest BCUT2D eigenvalue weighted by Crippen LogP contribution is -2.44. The standard InChI is InChI=1S/C14H17ClN2O4S/c1-10(18)17(13-6-7-22(20,21)9-13)8-14(19)16-12-4-2-11(15)3-5-12/h2-5,13H,6-9H2,1H3,(H,16,19). The zero-order chi connectivity index (χ0) is 16.3. The summed E-state index contributed by atoms with van der Waals surface area (Å²) in [5.74, 6) is -0.712. The van der Waals surface area contributed by atoms with Crippen LogP contribution in [0.25, 0.3) is 0 Å².